The number of terminal acetylenes is 1. The zero-order valence-electron chi connectivity index (χ0n) is 47.9. The van der Waals surface area contributed by atoms with Crippen LogP contribution in [0.15, 0.2) is 53.6 Å². The van der Waals surface area contributed by atoms with Gasteiger partial charge in [0.05, 0.1) is 35.5 Å². The van der Waals surface area contributed by atoms with Crippen LogP contribution in [-0.4, -0.2) is 177 Å². The fourth-order valence-corrected chi connectivity index (χ4v) is 12.0. The number of cyclic esters (lactones) is 1. The summed E-state index contributed by atoms with van der Waals surface area (Å²) in [5.74, 6) is -0.235. The Kier molecular flexibility index (Phi) is 21.3. The second-order valence-corrected chi connectivity index (χ2v) is 23.0. The van der Waals surface area contributed by atoms with Gasteiger partial charge in [0.2, 0.25) is 5.56 Å². The first-order valence-electron chi connectivity index (χ1n) is 27.5. The number of ether oxygens (including phenoxy) is 7. The summed E-state index contributed by atoms with van der Waals surface area (Å²) in [6.07, 6.45) is 4.45. The number of hydrogen-bond acceptors (Lipinski definition) is 16. The number of carbonyl (C=O) groups is 1. The molecule has 0 radical (unpaired) electrons. The van der Waals surface area contributed by atoms with E-state index < -0.39 is 96.5 Å². The highest BCUT2D eigenvalue weighted by molar-refractivity contribution is 5.73. The minimum atomic E-state index is -1.92. The van der Waals surface area contributed by atoms with Crippen LogP contribution in [0.2, 0.25) is 0 Å². The Bertz CT molecular complexity index is 2430. The number of alkyl halides is 1. The van der Waals surface area contributed by atoms with Crippen molar-refractivity contribution in [2.75, 3.05) is 48.1 Å². The maximum Gasteiger partial charge on any atom is 0.311 e. The molecular weight excluding hydrogens is 992 g/mol. The molecule has 4 N–H and O–H groups in total. The summed E-state index contributed by atoms with van der Waals surface area (Å²) in [6.45, 7) is 18.9. The molecule has 5 heterocycles. The number of aliphatic hydroxyl groups is 3. The monoisotopic (exact) mass is 1080 g/mol. The number of halogens is 1. The van der Waals surface area contributed by atoms with Crippen LogP contribution in [0.5, 0.6) is 0 Å². The lowest BCUT2D eigenvalue weighted by Gasteiger charge is -2.48. The largest absolute Gasteiger partial charge is 0.459 e. The van der Waals surface area contributed by atoms with Gasteiger partial charge in [0, 0.05) is 89.0 Å². The molecule has 77 heavy (non-hydrogen) atoms. The van der Waals surface area contributed by atoms with Gasteiger partial charge in [-0.05, 0) is 104 Å². The molecule has 0 spiro atoms. The maximum absolute atomic E-state index is 14.9. The Morgan fingerprint density at radius 2 is 1.66 bits per heavy atom. The number of aromatic amines is 1. The standard InChI is InChI=1S/C58H89FN6O12/c1-16-47-57(11,69)38(7)39(8)64(13)32-34(3)28-58(70,17-2)54(36(5)51(37(6)55(68)75-47)76-50-29-56(10,72-15)53(67)40(9)74-50)77-49-27-45(26-35(4)73-49)63(12)25-24-44-33-65(62-61-44)46(30-59)52(71-14)42-20-18-41(19-21-42)43-22-23-48(66)60-31-43/h2,18-23,31,33-40,45-47,49-54,67,69-70H,16,24-30,32H2,1,3-15H3,(H,60,66)/t34-,35-,36+,37-,38-,39-,40+,45+,46-,47-,49+,50+,51+,52?,53+,54-,56-,57+,58-/m1/s1. The number of aromatic nitrogens is 4. The second kappa shape index (κ2) is 26.4. The second-order valence-electron chi connectivity index (χ2n) is 23.0. The van der Waals surface area contributed by atoms with Gasteiger partial charge < -0.3 is 63.3 Å². The van der Waals surface area contributed by atoms with Crippen molar-refractivity contribution in [1.82, 2.24) is 29.8 Å². The first-order chi connectivity index (χ1) is 36.3. The first kappa shape index (κ1) is 62.0. The highest BCUT2D eigenvalue weighted by Gasteiger charge is 2.52. The van der Waals surface area contributed by atoms with Crippen LogP contribution < -0.4 is 5.56 Å². The summed E-state index contributed by atoms with van der Waals surface area (Å²) in [4.78, 5) is 33.3. The molecule has 19 atom stereocenters. The molecule has 19 heteroatoms. The Hall–Kier alpha value is -4.17. The zero-order chi connectivity index (χ0) is 56.7. The van der Waals surface area contributed by atoms with Crippen LogP contribution in [0, 0.1) is 36.0 Å². The average Bonchev–Trinajstić information content (AvgIpc) is 3.89. The molecule has 3 aliphatic rings. The smallest absolute Gasteiger partial charge is 0.311 e. The summed E-state index contributed by atoms with van der Waals surface area (Å²) in [5.41, 5.74) is -1.42. The van der Waals surface area contributed by atoms with E-state index in [0.717, 1.165) is 16.7 Å². The van der Waals surface area contributed by atoms with E-state index in [4.69, 9.17) is 39.6 Å². The van der Waals surface area contributed by atoms with Crippen LogP contribution in [0.3, 0.4) is 0 Å². The number of nitrogens with one attached hydrogen (secondary N) is 1. The molecular formula is C58H89FN6O12. The highest BCUT2D eigenvalue weighted by atomic mass is 19.1. The lowest BCUT2D eigenvalue weighted by Crippen LogP contribution is -2.59. The molecule has 430 valence electrons. The maximum atomic E-state index is 14.9. The van der Waals surface area contributed by atoms with Crippen molar-refractivity contribution in [3.05, 3.63) is 70.4 Å². The Morgan fingerprint density at radius 3 is 2.27 bits per heavy atom. The lowest BCUT2D eigenvalue weighted by molar-refractivity contribution is -0.306. The molecule has 3 aliphatic heterocycles. The van der Waals surface area contributed by atoms with E-state index in [2.05, 4.69) is 31.0 Å². The van der Waals surface area contributed by atoms with Crippen molar-refractivity contribution in [3.63, 3.8) is 0 Å². The number of nitrogens with zero attached hydrogens (tertiary/aromatic N) is 5. The molecule has 1 aromatic carbocycles. The predicted molar refractivity (Wildman–Crippen MR) is 289 cm³/mol. The predicted octanol–water partition coefficient (Wildman–Crippen LogP) is 6.28. The molecule has 0 bridgehead atoms. The minimum Gasteiger partial charge on any atom is -0.459 e. The number of H-pyrrole nitrogens is 1. The highest BCUT2D eigenvalue weighted by Crippen LogP contribution is 2.41. The van der Waals surface area contributed by atoms with Gasteiger partial charge >= 0.3 is 5.97 Å². The third-order valence-electron chi connectivity index (χ3n) is 17.4. The van der Waals surface area contributed by atoms with Crippen LogP contribution >= 0.6 is 0 Å². The molecule has 3 aromatic rings. The van der Waals surface area contributed by atoms with Crippen LogP contribution in [-0.2, 0) is 44.4 Å². The number of hydrogen-bond donors (Lipinski definition) is 4. The normalized spacial score (nSPS) is 37.0. The molecule has 0 saturated carbocycles. The van der Waals surface area contributed by atoms with E-state index in [1.165, 1.54) is 25.0 Å². The van der Waals surface area contributed by atoms with Gasteiger partial charge in [-0.15, -0.1) is 11.5 Å². The number of esters is 1. The van der Waals surface area contributed by atoms with E-state index >= 15 is 0 Å². The third-order valence-corrected chi connectivity index (χ3v) is 17.4. The SMILES string of the molecule is C#C[C@@]1(O)C[C@@H](C)CN(C)[C@H](C)[C@@H](C)[C@](C)(O)[C@@H](CC)OC(=O)[C@H](C)[C@@H](O[C@H]2C[C@@](C)(OC)[C@@H](O)[C@H](C)O2)[C@H](C)[C@H]1O[C@H]1C[C@@H](N(C)CCc2cn([C@H](CF)C(OC)c3ccc(-c4ccc(=O)[nH]c4)cc3)nn2)C[C@@H](C)O1. The lowest BCUT2D eigenvalue weighted by atomic mass is 9.77. The third kappa shape index (κ3) is 14.4. The quantitative estimate of drug-likeness (QED) is 0.0919. The number of carbonyl (C=O) groups excluding carboxylic acids is 1. The van der Waals surface area contributed by atoms with Gasteiger partial charge in [0.1, 0.15) is 42.7 Å². The molecule has 18 nitrogen and oxygen atoms in total. The van der Waals surface area contributed by atoms with Crippen LogP contribution in [0.1, 0.15) is 125 Å². The molecule has 6 rings (SSSR count). The number of pyridine rings is 1. The van der Waals surface area contributed by atoms with Gasteiger partial charge in [-0.3, -0.25) is 9.59 Å². The number of aliphatic hydroxyl groups excluding tert-OH is 1. The summed E-state index contributed by atoms with van der Waals surface area (Å²) < 4.78 is 61.2. The molecule has 3 fully saturated rings. The van der Waals surface area contributed by atoms with Crippen molar-refractivity contribution in [2.24, 2.45) is 23.7 Å². The van der Waals surface area contributed by atoms with Crippen LogP contribution in [0.25, 0.3) is 11.1 Å². The topological polar surface area (TPSA) is 212 Å². The first-order valence-corrected chi connectivity index (χ1v) is 27.5. The van der Waals surface area contributed by atoms with Gasteiger partial charge in [-0.1, -0.05) is 63.1 Å². The van der Waals surface area contributed by atoms with Gasteiger partial charge in [-0.25, -0.2) is 9.07 Å². The molecule has 0 amide bonds. The van der Waals surface area contributed by atoms with Crippen molar-refractivity contribution in [3.8, 4) is 23.5 Å². The van der Waals surface area contributed by atoms with Crippen molar-refractivity contribution in [1.29, 1.82) is 0 Å². The summed E-state index contributed by atoms with van der Waals surface area (Å²) >= 11 is 0. The Labute approximate surface area is 455 Å². The van der Waals surface area contributed by atoms with E-state index in [9.17, 15) is 29.3 Å². The summed E-state index contributed by atoms with van der Waals surface area (Å²) in [6, 6.07) is 9.75. The fraction of sp³-hybridized carbons (Fsp3) is 0.724. The fourth-order valence-electron chi connectivity index (χ4n) is 12.0. The van der Waals surface area contributed by atoms with Gasteiger partial charge in [-0.2, -0.15) is 0 Å². The van der Waals surface area contributed by atoms with Crippen molar-refractivity contribution < 1.29 is 57.7 Å². The zero-order valence-corrected chi connectivity index (χ0v) is 47.9. The van der Waals surface area contributed by atoms with Crippen molar-refractivity contribution >= 4 is 5.97 Å². The van der Waals surface area contributed by atoms with Gasteiger partial charge in [0.25, 0.3) is 0 Å². The average molecular weight is 1080 g/mol. The Morgan fingerprint density at radius 1 is 0.974 bits per heavy atom. The number of methoxy groups -OCH3 is 2. The van der Waals surface area contributed by atoms with Crippen molar-refractivity contribution in [2.45, 2.75) is 198 Å². The number of likely N-dealkylation sites (N-methyl/N-ethyl adjacent to an activating group) is 1. The summed E-state index contributed by atoms with van der Waals surface area (Å²) in [5, 5.41) is 45.1. The van der Waals surface area contributed by atoms with Gasteiger partial charge in [0.15, 0.2) is 18.2 Å². The van der Waals surface area contributed by atoms with E-state index in [-0.39, 0.29) is 48.4 Å². The molecule has 1 unspecified atom stereocenters. The van der Waals surface area contributed by atoms with E-state index in [1.807, 2.05) is 79.9 Å². The van der Waals surface area contributed by atoms with E-state index in [0.29, 0.717) is 44.5 Å². The minimum absolute atomic E-state index is 0.0584. The number of benzene rings is 1. The molecule has 0 aliphatic carbocycles. The summed E-state index contributed by atoms with van der Waals surface area (Å²) in [7, 11) is 7.04. The van der Waals surface area contributed by atoms with Crippen LogP contribution in [0.4, 0.5) is 4.39 Å². The number of rotatable bonds is 16. The molecule has 3 saturated heterocycles. The Balaban J connectivity index is 1.25. The van der Waals surface area contributed by atoms with E-state index in [1.54, 1.807) is 46.2 Å². The molecule has 2 aromatic heterocycles.